The van der Waals surface area contributed by atoms with E-state index < -0.39 is 6.10 Å². The number of rotatable bonds is 12. The molecular formula is C27H50ClN7O5. The Balaban J connectivity index is 1.03. The van der Waals surface area contributed by atoms with Gasteiger partial charge in [0.2, 0.25) is 5.91 Å². The summed E-state index contributed by atoms with van der Waals surface area (Å²) >= 11 is 6.92. The molecule has 13 heteroatoms. The second-order valence-corrected chi connectivity index (χ2v) is 12.7. The monoisotopic (exact) mass is 587 g/mol. The van der Waals surface area contributed by atoms with Crippen LogP contribution in [0.5, 0.6) is 0 Å². The number of nitrogens with zero attached hydrogens (tertiary/aromatic N) is 2. The molecule has 1 saturated carbocycles. The molecule has 4 aliphatic heterocycles. The van der Waals surface area contributed by atoms with Gasteiger partial charge in [-0.2, -0.15) is 0 Å². The number of piperidine rings is 1. The lowest BCUT2D eigenvalue weighted by molar-refractivity contribution is -0.126. The SMILES string of the molecule is CCN(C)C1NC(NC2COC2)CC(C(=O)NC[C@H](O)CN2CCC3C(CCC(OCC4CNCO4)C3Cl)C2)N1. The van der Waals surface area contributed by atoms with E-state index in [0.29, 0.717) is 57.4 Å². The van der Waals surface area contributed by atoms with Gasteiger partial charge in [-0.1, -0.05) is 6.92 Å². The van der Waals surface area contributed by atoms with Gasteiger partial charge in [0.05, 0.1) is 68.5 Å². The Morgan fingerprint density at radius 3 is 2.85 bits per heavy atom. The van der Waals surface area contributed by atoms with Gasteiger partial charge in [-0.25, -0.2) is 0 Å². The van der Waals surface area contributed by atoms with E-state index in [0.717, 1.165) is 45.4 Å². The summed E-state index contributed by atoms with van der Waals surface area (Å²) in [6, 6.07) is -0.0326. The average molecular weight is 588 g/mol. The molecule has 6 N–H and O–H groups in total. The number of likely N-dealkylation sites (tertiary alicyclic amines) is 1. The molecular weight excluding hydrogens is 538 g/mol. The molecule has 1 aliphatic carbocycles. The van der Waals surface area contributed by atoms with Gasteiger partial charge in [0, 0.05) is 32.6 Å². The Bertz CT molecular complexity index is 807. The Morgan fingerprint density at radius 1 is 1.27 bits per heavy atom. The lowest BCUT2D eigenvalue weighted by atomic mass is 9.73. The van der Waals surface area contributed by atoms with Crippen molar-refractivity contribution in [1.29, 1.82) is 0 Å². The highest BCUT2D eigenvalue weighted by Crippen LogP contribution is 2.40. The van der Waals surface area contributed by atoms with Gasteiger partial charge in [0.15, 0.2) is 0 Å². The van der Waals surface area contributed by atoms with Crippen LogP contribution >= 0.6 is 11.6 Å². The third kappa shape index (κ3) is 8.04. The van der Waals surface area contributed by atoms with Gasteiger partial charge < -0.3 is 29.5 Å². The summed E-state index contributed by atoms with van der Waals surface area (Å²) in [5.74, 6) is 0.871. The predicted octanol–water partition coefficient (Wildman–Crippen LogP) is -1.36. The molecule has 12 nitrogen and oxygen atoms in total. The Labute approximate surface area is 243 Å². The van der Waals surface area contributed by atoms with Gasteiger partial charge in [-0.15, -0.1) is 11.6 Å². The molecule has 4 heterocycles. The van der Waals surface area contributed by atoms with Crippen LogP contribution in [-0.4, -0.2) is 142 Å². The van der Waals surface area contributed by atoms with Crippen molar-refractivity contribution in [3.05, 3.63) is 0 Å². The van der Waals surface area contributed by atoms with Crippen molar-refractivity contribution in [1.82, 2.24) is 36.4 Å². The largest absolute Gasteiger partial charge is 0.390 e. The number of carbonyl (C=O) groups is 1. The Morgan fingerprint density at radius 2 is 2.12 bits per heavy atom. The predicted molar refractivity (Wildman–Crippen MR) is 152 cm³/mol. The molecule has 4 saturated heterocycles. The van der Waals surface area contributed by atoms with Gasteiger partial charge in [-0.3, -0.25) is 31.0 Å². The summed E-state index contributed by atoms with van der Waals surface area (Å²) < 4.78 is 17.1. The molecule has 0 radical (unpaired) electrons. The number of carbonyl (C=O) groups excluding carboxylic acids is 1. The quantitative estimate of drug-likeness (QED) is 0.151. The third-order valence-corrected chi connectivity index (χ3v) is 9.86. The van der Waals surface area contributed by atoms with Gasteiger partial charge in [0.25, 0.3) is 0 Å². The molecule has 0 aromatic heterocycles. The molecule has 5 aliphatic rings. The van der Waals surface area contributed by atoms with E-state index in [2.05, 4.69) is 43.3 Å². The zero-order valence-electron chi connectivity index (χ0n) is 24.0. The Kier molecular flexibility index (Phi) is 11.3. The number of ether oxygens (including phenoxy) is 3. The van der Waals surface area contributed by atoms with Crippen molar-refractivity contribution in [2.75, 3.05) is 72.9 Å². The number of fused-ring (bicyclic) bond motifs is 1. The third-order valence-electron chi connectivity index (χ3n) is 9.25. The summed E-state index contributed by atoms with van der Waals surface area (Å²) in [6.45, 7) is 8.99. The molecule has 0 aromatic carbocycles. The first-order chi connectivity index (χ1) is 19.4. The fourth-order valence-electron chi connectivity index (χ4n) is 6.66. The van der Waals surface area contributed by atoms with Crippen molar-refractivity contribution in [3.8, 4) is 0 Å². The number of hydrogen-bond donors (Lipinski definition) is 6. The lowest BCUT2D eigenvalue weighted by Crippen LogP contribution is -2.71. The van der Waals surface area contributed by atoms with Gasteiger partial charge in [-0.05, 0) is 51.2 Å². The van der Waals surface area contributed by atoms with Crippen LogP contribution in [0.4, 0.5) is 0 Å². The summed E-state index contributed by atoms with van der Waals surface area (Å²) in [4.78, 5) is 17.6. The van der Waals surface area contributed by atoms with Crippen LogP contribution in [0.3, 0.4) is 0 Å². The van der Waals surface area contributed by atoms with E-state index >= 15 is 0 Å². The molecule has 8 unspecified atom stereocenters. The maximum Gasteiger partial charge on any atom is 0.237 e. The molecule has 5 rings (SSSR count). The smallest absolute Gasteiger partial charge is 0.237 e. The van der Waals surface area contributed by atoms with Crippen LogP contribution in [0.1, 0.15) is 32.6 Å². The van der Waals surface area contributed by atoms with Crippen LogP contribution in [0.15, 0.2) is 0 Å². The maximum absolute atomic E-state index is 13.1. The highest BCUT2D eigenvalue weighted by molar-refractivity contribution is 6.21. The first kappa shape index (κ1) is 30.8. The van der Waals surface area contributed by atoms with E-state index in [1.165, 1.54) is 0 Å². The zero-order chi connectivity index (χ0) is 28.1. The van der Waals surface area contributed by atoms with Crippen molar-refractivity contribution >= 4 is 17.5 Å². The highest BCUT2D eigenvalue weighted by Gasteiger charge is 2.42. The summed E-state index contributed by atoms with van der Waals surface area (Å²) in [7, 11) is 2.02. The van der Waals surface area contributed by atoms with Crippen LogP contribution in [-0.2, 0) is 19.0 Å². The fourth-order valence-corrected chi connectivity index (χ4v) is 7.19. The zero-order valence-corrected chi connectivity index (χ0v) is 24.8. The number of amides is 1. The Hall–Kier alpha value is -0.640. The molecule has 40 heavy (non-hydrogen) atoms. The fraction of sp³-hybridized carbons (Fsp3) is 0.963. The van der Waals surface area contributed by atoms with Crippen molar-refractivity contribution in [3.63, 3.8) is 0 Å². The van der Waals surface area contributed by atoms with Gasteiger partial charge in [0.1, 0.15) is 6.29 Å². The molecule has 0 aromatic rings. The van der Waals surface area contributed by atoms with Crippen LogP contribution in [0.25, 0.3) is 0 Å². The minimum absolute atomic E-state index is 0.00965. The minimum Gasteiger partial charge on any atom is -0.390 e. The number of nitrogens with one attached hydrogen (secondary N) is 5. The standard InChI is InChI=1S/C27H50ClN7O5/c1-3-34(2)27-32-22(8-24(33-27)31-18-13-38-14-18)26(37)30-9-19(36)12-35-7-6-21-17(11-35)4-5-23(25(21)28)39-15-20-10-29-16-40-20/h17-25,27,29,31-33,36H,3-16H2,1-2H3,(H,30,37)/t17?,19-,20?,21?,22?,23?,24?,25?,27?/m0/s1. The van der Waals surface area contributed by atoms with Crippen molar-refractivity contribution in [2.24, 2.45) is 11.8 Å². The van der Waals surface area contributed by atoms with Gasteiger partial charge >= 0.3 is 0 Å². The van der Waals surface area contributed by atoms with Crippen molar-refractivity contribution in [2.45, 2.75) is 80.8 Å². The average Bonchev–Trinajstić information content (AvgIpc) is 3.46. The number of β-amino-alcohol motifs (C(OH)–C–C–N with tert-alkyl or cyclic N) is 1. The van der Waals surface area contributed by atoms with E-state index in [-0.39, 0.29) is 48.5 Å². The first-order valence-corrected chi connectivity index (χ1v) is 15.7. The van der Waals surface area contributed by atoms with E-state index in [1.54, 1.807) is 0 Å². The number of aliphatic hydroxyl groups excluding tert-OH is 1. The van der Waals surface area contributed by atoms with E-state index in [4.69, 9.17) is 25.8 Å². The molecule has 5 fully saturated rings. The normalized spacial score (nSPS) is 38.1. The van der Waals surface area contributed by atoms with Crippen LogP contribution < -0.4 is 26.6 Å². The topological polar surface area (TPSA) is 132 Å². The molecule has 9 atom stereocenters. The minimum atomic E-state index is -0.621. The van der Waals surface area contributed by atoms with Crippen LogP contribution in [0.2, 0.25) is 0 Å². The molecule has 230 valence electrons. The second-order valence-electron chi connectivity index (χ2n) is 12.2. The summed E-state index contributed by atoms with van der Waals surface area (Å²) in [5.41, 5.74) is 0. The van der Waals surface area contributed by atoms with E-state index in [9.17, 15) is 9.90 Å². The van der Waals surface area contributed by atoms with Crippen molar-refractivity contribution < 1.29 is 24.1 Å². The maximum atomic E-state index is 13.1. The summed E-state index contributed by atoms with van der Waals surface area (Å²) in [6.07, 6.45) is 3.15. The molecule has 1 amide bonds. The van der Waals surface area contributed by atoms with Crippen LogP contribution in [0, 0.1) is 11.8 Å². The molecule has 0 bridgehead atoms. The van der Waals surface area contributed by atoms with E-state index in [1.807, 2.05) is 7.05 Å². The number of alkyl halides is 1. The lowest BCUT2D eigenvalue weighted by Gasteiger charge is -2.46. The number of hydrogen-bond acceptors (Lipinski definition) is 11. The number of halogens is 1. The second kappa shape index (κ2) is 14.7. The molecule has 0 spiro atoms. The first-order valence-electron chi connectivity index (χ1n) is 15.2. The highest BCUT2D eigenvalue weighted by atomic mass is 35.5. The number of aliphatic hydroxyl groups is 1. The summed E-state index contributed by atoms with van der Waals surface area (Å²) in [5, 5.41) is 27.5.